The molecule has 2 aromatic carbocycles. The molecule has 2 aromatic rings. The number of rotatable bonds is 4. The molecular formula is C18H23N. The van der Waals surface area contributed by atoms with Crippen molar-refractivity contribution < 1.29 is 0 Å². The van der Waals surface area contributed by atoms with Crippen molar-refractivity contribution >= 4 is 0 Å². The van der Waals surface area contributed by atoms with Gasteiger partial charge in [0.1, 0.15) is 0 Å². The highest BCUT2D eigenvalue weighted by atomic mass is 14.9. The monoisotopic (exact) mass is 253 g/mol. The van der Waals surface area contributed by atoms with Crippen molar-refractivity contribution in [3.8, 4) is 11.1 Å². The quantitative estimate of drug-likeness (QED) is 0.847. The first kappa shape index (κ1) is 13.8. The summed E-state index contributed by atoms with van der Waals surface area (Å²) >= 11 is 0. The van der Waals surface area contributed by atoms with E-state index in [0.717, 1.165) is 6.54 Å². The summed E-state index contributed by atoms with van der Waals surface area (Å²) in [4.78, 5) is 0. The predicted octanol–water partition coefficient (Wildman–Crippen LogP) is 4.47. The van der Waals surface area contributed by atoms with Crippen LogP contribution in [-0.2, 0) is 6.54 Å². The van der Waals surface area contributed by atoms with Gasteiger partial charge in [0, 0.05) is 12.6 Å². The molecule has 0 aromatic heterocycles. The third kappa shape index (κ3) is 3.68. The molecule has 0 radical (unpaired) electrons. The van der Waals surface area contributed by atoms with Gasteiger partial charge in [0.25, 0.3) is 0 Å². The van der Waals surface area contributed by atoms with Crippen molar-refractivity contribution in [1.29, 1.82) is 0 Å². The smallest absolute Gasteiger partial charge is 0.0208 e. The molecule has 0 saturated carbocycles. The van der Waals surface area contributed by atoms with Gasteiger partial charge in [0.15, 0.2) is 0 Å². The largest absolute Gasteiger partial charge is 0.310 e. The van der Waals surface area contributed by atoms with Gasteiger partial charge >= 0.3 is 0 Å². The molecule has 1 nitrogen and oxygen atoms in total. The molecule has 0 aliphatic carbocycles. The van der Waals surface area contributed by atoms with Gasteiger partial charge in [-0.1, -0.05) is 55.8 Å². The maximum absolute atomic E-state index is 3.47. The predicted molar refractivity (Wildman–Crippen MR) is 83.3 cm³/mol. The van der Waals surface area contributed by atoms with E-state index in [0.29, 0.717) is 6.04 Å². The van der Waals surface area contributed by atoms with Crippen molar-refractivity contribution in [2.24, 2.45) is 0 Å². The second kappa shape index (κ2) is 6.03. The van der Waals surface area contributed by atoms with Gasteiger partial charge in [-0.05, 0) is 42.2 Å². The van der Waals surface area contributed by atoms with Crippen LogP contribution in [0.3, 0.4) is 0 Å². The molecule has 0 unspecified atom stereocenters. The zero-order valence-corrected chi connectivity index (χ0v) is 12.3. The van der Waals surface area contributed by atoms with Gasteiger partial charge in [0.2, 0.25) is 0 Å². The van der Waals surface area contributed by atoms with E-state index in [1.807, 2.05) is 0 Å². The topological polar surface area (TPSA) is 12.0 Å². The Morgan fingerprint density at radius 1 is 1.00 bits per heavy atom. The van der Waals surface area contributed by atoms with Crippen LogP contribution in [0.25, 0.3) is 11.1 Å². The standard InChI is InChI=1S/C18H23N/c1-13(2)19-12-16-9-8-15(4)18(11-16)17-7-5-6-14(3)10-17/h5-11,13,19H,12H2,1-4H3. The summed E-state index contributed by atoms with van der Waals surface area (Å²) in [5.74, 6) is 0. The van der Waals surface area contributed by atoms with Crippen molar-refractivity contribution in [1.82, 2.24) is 5.32 Å². The number of nitrogens with one attached hydrogen (secondary N) is 1. The van der Waals surface area contributed by atoms with Crippen LogP contribution in [0.2, 0.25) is 0 Å². The lowest BCUT2D eigenvalue weighted by molar-refractivity contribution is 0.589. The van der Waals surface area contributed by atoms with Gasteiger partial charge in [-0.3, -0.25) is 0 Å². The third-order valence-electron chi connectivity index (χ3n) is 3.35. The molecular weight excluding hydrogens is 230 g/mol. The Labute approximate surface area is 116 Å². The Morgan fingerprint density at radius 2 is 1.79 bits per heavy atom. The lowest BCUT2D eigenvalue weighted by Crippen LogP contribution is -2.21. The van der Waals surface area contributed by atoms with Crippen molar-refractivity contribution in [2.45, 2.75) is 40.3 Å². The molecule has 0 heterocycles. The molecule has 0 bridgehead atoms. The molecule has 0 spiro atoms. The first-order valence-corrected chi connectivity index (χ1v) is 6.96. The maximum Gasteiger partial charge on any atom is 0.0208 e. The average molecular weight is 253 g/mol. The number of aryl methyl sites for hydroxylation is 2. The fourth-order valence-electron chi connectivity index (χ4n) is 2.22. The van der Waals surface area contributed by atoms with E-state index >= 15 is 0 Å². The molecule has 0 aliphatic heterocycles. The molecule has 0 fully saturated rings. The Balaban J connectivity index is 2.31. The summed E-state index contributed by atoms with van der Waals surface area (Å²) in [6, 6.07) is 16.0. The molecule has 100 valence electrons. The number of hydrogen-bond donors (Lipinski definition) is 1. The van der Waals surface area contributed by atoms with Crippen LogP contribution in [-0.4, -0.2) is 6.04 Å². The van der Waals surface area contributed by atoms with Crippen LogP contribution in [0.1, 0.15) is 30.5 Å². The van der Waals surface area contributed by atoms with Gasteiger partial charge in [-0.25, -0.2) is 0 Å². The summed E-state index contributed by atoms with van der Waals surface area (Å²) in [6.07, 6.45) is 0. The zero-order chi connectivity index (χ0) is 13.8. The number of benzene rings is 2. The Bertz CT molecular complexity index is 555. The zero-order valence-electron chi connectivity index (χ0n) is 12.3. The third-order valence-corrected chi connectivity index (χ3v) is 3.35. The molecule has 1 heteroatoms. The van der Waals surface area contributed by atoms with Crippen LogP contribution in [0, 0.1) is 13.8 Å². The van der Waals surface area contributed by atoms with Crippen LogP contribution < -0.4 is 5.32 Å². The van der Waals surface area contributed by atoms with Crippen LogP contribution in [0.4, 0.5) is 0 Å². The van der Waals surface area contributed by atoms with Gasteiger partial charge < -0.3 is 5.32 Å². The van der Waals surface area contributed by atoms with Crippen LogP contribution in [0.5, 0.6) is 0 Å². The van der Waals surface area contributed by atoms with Crippen molar-refractivity contribution in [3.63, 3.8) is 0 Å². The first-order valence-electron chi connectivity index (χ1n) is 6.96. The summed E-state index contributed by atoms with van der Waals surface area (Å²) < 4.78 is 0. The lowest BCUT2D eigenvalue weighted by Gasteiger charge is -2.12. The molecule has 0 saturated heterocycles. The van der Waals surface area contributed by atoms with E-state index in [9.17, 15) is 0 Å². The maximum atomic E-state index is 3.47. The minimum Gasteiger partial charge on any atom is -0.310 e. The Kier molecular flexibility index (Phi) is 4.39. The summed E-state index contributed by atoms with van der Waals surface area (Å²) in [5, 5.41) is 3.47. The van der Waals surface area contributed by atoms with E-state index < -0.39 is 0 Å². The Hall–Kier alpha value is -1.60. The van der Waals surface area contributed by atoms with Crippen molar-refractivity contribution in [3.05, 3.63) is 59.2 Å². The highest BCUT2D eigenvalue weighted by molar-refractivity contribution is 5.68. The van der Waals surface area contributed by atoms with Gasteiger partial charge in [0.05, 0.1) is 0 Å². The van der Waals surface area contributed by atoms with Gasteiger partial charge in [-0.15, -0.1) is 0 Å². The van der Waals surface area contributed by atoms with Crippen LogP contribution >= 0.6 is 0 Å². The van der Waals surface area contributed by atoms with E-state index in [1.54, 1.807) is 0 Å². The summed E-state index contributed by atoms with van der Waals surface area (Å²) in [6.45, 7) is 9.60. The molecule has 1 N–H and O–H groups in total. The highest BCUT2D eigenvalue weighted by Crippen LogP contribution is 2.25. The Morgan fingerprint density at radius 3 is 2.47 bits per heavy atom. The normalized spacial score (nSPS) is 11.0. The fraction of sp³-hybridized carbons (Fsp3) is 0.333. The lowest BCUT2D eigenvalue weighted by atomic mass is 9.97. The van der Waals surface area contributed by atoms with Gasteiger partial charge in [-0.2, -0.15) is 0 Å². The second-order valence-electron chi connectivity index (χ2n) is 5.55. The molecule has 0 aliphatic rings. The summed E-state index contributed by atoms with van der Waals surface area (Å²) in [7, 11) is 0. The summed E-state index contributed by atoms with van der Waals surface area (Å²) in [5.41, 5.74) is 6.63. The average Bonchev–Trinajstić information content (AvgIpc) is 2.37. The molecule has 19 heavy (non-hydrogen) atoms. The number of hydrogen-bond acceptors (Lipinski definition) is 1. The highest BCUT2D eigenvalue weighted by Gasteiger charge is 2.04. The minimum atomic E-state index is 0.517. The molecule has 0 amide bonds. The SMILES string of the molecule is Cc1cccc(-c2cc(CNC(C)C)ccc2C)c1. The van der Waals surface area contributed by atoms with E-state index in [4.69, 9.17) is 0 Å². The molecule has 2 rings (SSSR count). The van der Waals surface area contributed by atoms with Crippen molar-refractivity contribution in [2.75, 3.05) is 0 Å². The van der Waals surface area contributed by atoms with E-state index in [2.05, 4.69) is 75.5 Å². The first-order chi connectivity index (χ1) is 9.06. The molecule has 0 atom stereocenters. The minimum absolute atomic E-state index is 0.517. The van der Waals surface area contributed by atoms with E-state index in [1.165, 1.54) is 27.8 Å². The van der Waals surface area contributed by atoms with Crippen LogP contribution in [0.15, 0.2) is 42.5 Å². The second-order valence-corrected chi connectivity index (χ2v) is 5.55. The van der Waals surface area contributed by atoms with E-state index in [-0.39, 0.29) is 0 Å². The fourth-order valence-corrected chi connectivity index (χ4v) is 2.22.